The fourth-order valence-electron chi connectivity index (χ4n) is 4.41. The van der Waals surface area contributed by atoms with E-state index in [1.807, 2.05) is 32.1 Å². The van der Waals surface area contributed by atoms with Gasteiger partial charge in [-0.2, -0.15) is 0 Å². The average Bonchev–Trinajstić information content (AvgIpc) is 2.78. The van der Waals surface area contributed by atoms with Crippen LogP contribution in [0.2, 0.25) is 0 Å². The lowest BCUT2D eigenvalue weighted by Gasteiger charge is -2.32. The SMILES string of the molecule is CCCC(=O)Oc1cc(C(=O)/C=C(C)/C=C/C=C(C)/C=C/C2=C(C)CCCC2(C)C)cc(N)c1OC. The first kappa shape index (κ1) is 28.9. The Morgan fingerprint density at radius 3 is 2.50 bits per heavy atom. The standard InChI is InChI=1S/C31H41NO4/c1-8-11-29(34)36-28-20-24(19-26(32)30(28)35-7)27(33)18-22(3)13-9-12-21(2)15-16-25-23(4)14-10-17-31(25,5)6/h9,12-13,15-16,18-20H,8,10-11,14,17,32H2,1-7H3/b13-9+,16-15+,21-12+,22-18+. The normalized spacial score (nSPS) is 16.6. The maximum atomic E-state index is 12.9. The molecule has 0 atom stereocenters. The molecule has 1 aliphatic rings. The van der Waals surface area contributed by atoms with Crippen molar-refractivity contribution in [3.8, 4) is 11.5 Å². The minimum Gasteiger partial charge on any atom is -0.491 e. The van der Waals surface area contributed by atoms with Gasteiger partial charge < -0.3 is 15.2 Å². The number of hydrogen-bond acceptors (Lipinski definition) is 5. The number of carbonyl (C=O) groups is 2. The summed E-state index contributed by atoms with van der Waals surface area (Å²) in [6.45, 7) is 12.7. The van der Waals surface area contributed by atoms with Crippen LogP contribution in [-0.2, 0) is 4.79 Å². The third-order valence-electron chi connectivity index (χ3n) is 6.38. The second-order valence-electron chi connectivity index (χ2n) is 10.1. The zero-order valence-electron chi connectivity index (χ0n) is 22.9. The Hall–Kier alpha value is -3.34. The number of rotatable bonds is 10. The highest BCUT2D eigenvalue weighted by atomic mass is 16.6. The maximum absolute atomic E-state index is 12.9. The Morgan fingerprint density at radius 1 is 1.14 bits per heavy atom. The second-order valence-corrected chi connectivity index (χ2v) is 10.1. The van der Waals surface area contributed by atoms with Crippen LogP contribution in [0.3, 0.4) is 0 Å². The van der Waals surface area contributed by atoms with Crippen LogP contribution in [-0.4, -0.2) is 18.9 Å². The molecular formula is C31H41NO4. The number of ether oxygens (including phenoxy) is 2. The Kier molecular flexibility index (Phi) is 10.5. The molecule has 0 bridgehead atoms. The number of anilines is 1. The van der Waals surface area contributed by atoms with Crippen molar-refractivity contribution in [3.05, 3.63) is 76.4 Å². The van der Waals surface area contributed by atoms with Crippen LogP contribution in [0, 0.1) is 5.41 Å². The van der Waals surface area contributed by atoms with Gasteiger partial charge in [-0.05, 0) is 81.2 Å². The van der Waals surface area contributed by atoms with Crippen molar-refractivity contribution >= 4 is 17.4 Å². The minimum absolute atomic E-state index is 0.151. The molecule has 0 amide bonds. The van der Waals surface area contributed by atoms with E-state index in [0.717, 1.165) is 11.1 Å². The van der Waals surface area contributed by atoms with Gasteiger partial charge in [-0.25, -0.2) is 0 Å². The number of ketones is 1. The molecule has 0 saturated heterocycles. The third kappa shape index (κ3) is 8.11. The number of nitrogens with two attached hydrogens (primary N) is 1. The molecule has 1 aliphatic carbocycles. The lowest BCUT2D eigenvalue weighted by molar-refractivity contribution is -0.134. The second kappa shape index (κ2) is 13.1. The smallest absolute Gasteiger partial charge is 0.311 e. The molecule has 194 valence electrons. The first-order valence-electron chi connectivity index (χ1n) is 12.6. The molecule has 0 saturated carbocycles. The van der Waals surface area contributed by atoms with Gasteiger partial charge in [0.2, 0.25) is 0 Å². The predicted molar refractivity (Wildman–Crippen MR) is 148 cm³/mol. The number of esters is 1. The van der Waals surface area contributed by atoms with E-state index < -0.39 is 5.97 Å². The van der Waals surface area contributed by atoms with E-state index in [2.05, 4.69) is 39.8 Å². The lowest BCUT2D eigenvalue weighted by Crippen LogP contribution is -2.19. The summed E-state index contributed by atoms with van der Waals surface area (Å²) in [5.41, 5.74) is 11.7. The lowest BCUT2D eigenvalue weighted by atomic mass is 9.72. The number of nitrogen functional groups attached to an aromatic ring is 1. The van der Waals surface area contributed by atoms with Crippen LogP contribution in [0.25, 0.3) is 0 Å². The van der Waals surface area contributed by atoms with Gasteiger partial charge in [0.1, 0.15) is 0 Å². The van der Waals surface area contributed by atoms with Gasteiger partial charge in [-0.3, -0.25) is 9.59 Å². The molecule has 0 aromatic heterocycles. The molecular weight excluding hydrogens is 450 g/mol. The third-order valence-corrected chi connectivity index (χ3v) is 6.38. The van der Waals surface area contributed by atoms with E-state index in [9.17, 15) is 9.59 Å². The first-order chi connectivity index (χ1) is 17.0. The minimum atomic E-state index is -0.399. The molecule has 5 nitrogen and oxygen atoms in total. The Labute approximate surface area is 216 Å². The Morgan fingerprint density at radius 2 is 1.86 bits per heavy atom. The van der Waals surface area contributed by atoms with E-state index >= 15 is 0 Å². The van der Waals surface area contributed by atoms with Crippen LogP contribution in [0.1, 0.15) is 84.0 Å². The number of methoxy groups -OCH3 is 1. The first-order valence-corrected chi connectivity index (χ1v) is 12.6. The predicted octanol–water partition coefficient (Wildman–Crippen LogP) is 7.70. The van der Waals surface area contributed by atoms with Crippen molar-refractivity contribution in [2.75, 3.05) is 12.8 Å². The molecule has 0 unspecified atom stereocenters. The van der Waals surface area contributed by atoms with E-state index in [1.54, 1.807) is 0 Å². The Bertz CT molecular complexity index is 1130. The number of benzene rings is 1. The number of carbonyl (C=O) groups excluding carboxylic acids is 2. The van der Waals surface area contributed by atoms with Crippen molar-refractivity contribution < 1.29 is 19.1 Å². The molecule has 1 aromatic rings. The van der Waals surface area contributed by atoms with Crippen molar-refractivity contribution in [1.82, 2.24) is 0 Å². The van der Waals surface area contributed by atoms with Gasteiger partial charge in [0.15, 0.2) is 17.3 Å². The van der Waals surface area contributed by atoms with Gasteiger partial charge in [-0.15, -0.1) is 0 Å². The van der Waals surface area contributed by atoms with Gasteiger partial charge in [0, 0.05) is 12.0 Å². The molecule has 5 heteroatoms. The monoisotopic (exact) mass is 491 g/mol. The van der Waals surface area contributed by atoms with E-state index in [0.29, 0.717) is 12.0 Å². The van der Waals surface area contributed by atoms with Crippen LogP contribution in [0.4, 0.5) is 5.69 Å². The van der Waals surface area contributed by atoms with Crippen molar-refractivity contribution in [1.29, 1.82) is 0 Å². The molecule has 0 spiro atoms. The van der Waals surface area contributed by atoms with Crippen molar-refractivity contribution in [2.45, 2.75) is 73.6 Å². The summed E-state index contributed by atoms with van der Waals surface area (Å²) in [6.07, 6.45) is 16.4. The molecule has 2 rings (SSSR count). The van der Waals surface area contributed by atoms with Crippen LogP contribution in [0.15, 0.2) is 70.9 Å². The van der Waals surface area contributed by atoms with Gasteiger partial charge in [-0.1, -0.05) is 62.3 Å². The molecule has 0 heterocycles. The van der Waals surface area contributed by atoms with E-state index in [1.165, 1.54) is 55.7 Å². The fraction of sp³-hybridized carbons (Fsp3) is 0.419. The summed E-state index contributed by atoms with van der Waals surface area (Å²) < 4.78 is 10.6. The highest BCUT2D eigenvalue weighted by molar-refractivity contribution is 6.06. The largest absolute Gasteiger partial charge is 0.491 e. The summed E-state index contributed by atoms with van der Waals surface area (Å²) in [5, 5.41) is 0. The zero-order chi connectivity index (χ0) is 26.9. The summed E-state index contributed by atoms with van der Waals surface area (Å²) >= 11 is 0. The van der Waals surface area contributed by atoms with E-state index in [4.69, 9.17) is 15.2 Å². The summed E-state index contributed by atoms with van der Waals surface area (Å²) in [5.74, 6) is -0.239. The van der Waals surface area contributed by atoms with Gasteiger partial charge in [0.25, 0.3) is 0 Å². The average molecular weight is 492 g/mol. The topological polar surface area (TPSA) is 78.6 Å². The van der Waals surface area contributed by atoms with Gasteiger partial charge >= 0.3 is 5.97 Å². The maximum Gasteiger partial charge on any atom is 0.311 e. The fourth-order valence-corrected chi connectivity index (χ4v) is 4.41. The highest BCUT2D eigenvalue weighted by Gasteiger charge is 2.26. The summed E-state index contributed by atoms with van der Waals surface area (Å²) in [7, 11) is 1.44. The summed E-state index contributed by atoms with van der Waals surface area (Å²) in [6, 6.07) is 3.03. The highest BCUT2D eigenvalue weighted by Crippen LogP contribution is 2.41. The Balaban J connectivity index is 2.15. The number of hydrogen-bond donors (Lipinski definition) is 1. The molecule has 0 radical (unpaired) electrons. The zero-order valence-corrected chi connectivity index (χ0v) is 22.9. The molecule has 0 fully saturated rings. The van der Waals surface area contributed by atoms with Crippen LogP contribution in [0.5, 0.6) is 11.5 Å². The van der Waals surface area contributed by atoms with Gasteiger partial charge in [0.05, 0.1) is 12.8 Å². The molecule has 1 aromatic carbocycles. The molecule has 2 N–H and O–H groups in total. The van der Waals surface area contributed by atoms with E-state index in [-0.39, 0.29) is 34.8 Å². The van der Waals surface area contributed by atoms with Crippen LogP contribution >= 0.6 is 0 Å². The van der Waals surface area contributed by atoms with Crippen molar-refractivity contribution in [3.63, 3.8) is 0 Å². The summed E-state index contributed by atoms with van der Waals surface area (Å²) in [4.78, 5) is 24.8. The quantitative estimate of drug-likeness (QED) is 0.0906. The van der Waals surface area contributed by atoms with Crippen molar-refractivity contribution in [2.24, 2.45) is 5.41 Å². The molecule has 0 aliphatic heterocycles. The van der Waals surface area contributed by atoms with Crippen LogP contribution < -0.4 is 15.2 Å². The number of allylic oxidation sites excluding steroid dienone is 10. The molecule has 36 heavy (non-hydrogen) atoms.